The first-order valence-electron chi connectivity index (χ1n) is 11.0. The number of rotatable bonds is 2. The Bertz CT molecular complexity index is 659. The Kier molecular flexibility index (Phi) is 3.83. The van der Waals surface area contributed by atoms with E-state index in [0.717, 1.165) is 43.4 Å². The van der Waals surface area contributed by atoms with Crippen LogP contribution in [0.1, 0.15) is 78.6 Å². The number of hydrogen-bond donors (Lipinski definition) is 0. The highest BCUT2D eigenvalue weighted by Crippen LogP contribution is 2.76. The number of hydrogen-bond acceptors (Lipinski definition) is 3. The highest BCUT2D eigenvalue weighted by atomic mass is 32.2. The summed E-state index contributed by atoms with van der Waals surface area (Å²) in [4.78, 5) is 24.8. The monoisotopic (exact) mass is 374 g/mol. The maximum atomic E-state index is 12.5. The molecule has 1 heterocycles. The van der Waals surface area contributed by atoms with Crippen LogP contribution in [0.2, 0.25) is 0 Å². The van der Waals surface area contributed by atoms with Gasteiger partial charge < -0.3 is 0 Å². The summed E-state index contributed by atoms with van der Waals surface area (Å²) in [7, 11) is 0. The van der Waals surface area contributed by atoms with Gasteiger partial charge >= 0.3 is 0 Å². The van der Waals surface area contributed by atoms with Gasteiger partial charge in [-0.3, -0.25) is 9.59 Å². The van der Waals surface area contributed by atoms with E-state index in [1.165, 1.54) is 37.9 Å². The zero-order valence-corrected chi connectivity index (χ0v) is 17.5. The standard InChI is InChI=1S/C23H34O2S/c1-4-22-12-15(25)7-10-23(22)13-26-20(22)11-16-18-6-5-17(14(2)24)21(18,3)9-8-19(16)23/h16-20H,4-13H2,1-3H3/t16?,17?,18?,19?,20?,21?,22-,23?/m1/s1. The number of carbonyl (C=O) groups excluding carboxylic acids is 2. The van der Waals surface area contributed by atoms with E-state index in [-0.39, 0.29) is 5.41 Å². The number of thioether (sulfide) groups is 1. The van der Waals surface area contributed by atoms with Gasteiger partial charge in [0.2, 0.25) is 0 Å². The molecule has 0 N–H and O–H groups in total. The molecule has 3 heteroatoms. The number of ketones is 2. The van der Waals surface area contributed by atoms with E-state index in [4.69, 9.17) is 0 Å². The predicted molar refractivity (Wildman–Crippen MR) is 106 cm³/mol. The van der Waals surface area contributed by atoms with Crippen LogP contribution in [0, 0.1) is 39.9 Å². The fourth-order valence-corrected chi connectivity index (χ4v) is 11.5. The zero-order valence-electron chi connectivity index (χ0n) is 16.7. The van der Waals surface area contributed by atoms with E-state index in [9.17, 15) is 9.59 Å². The Balaban J connectivity index is 1.55. The number of Topliss-reactive ketones (excluding diaryl/α,β-unsaturated/α-hetero) is 2. The summed E-state index contributed by atoms with van der Waals surface area (Å²) >= 11 is 2.22. The first kappa shape index (κ1) is 17.8. The van der Waals surface area contributed by atoms with E-state index < -0.39 is 0 Å². The lowest BCUT2D eigenvalue weighted by atomic mass is 9.39. The topological polar surface area (TPSA) is 34.1 Å². The van der Waals surface area contributed by atoms with E-state index in [2.05, 4.69) is 25.6 Å². The molecule has 8 atom stereocenters. The van der Waals surface area contributed by atoms with Crippen molar-refractivity contribution < 1.29 is 9.59 Å². The first-order valence-corrected chi connectivity index (χ1v) is 12.1. The number of carbonyl (C=O) groups is 2. The Morgan fingerprint density at radius 2 is 2.00 bits per heavy atom. The third-order valence-corrected chi connectivity index (χ3v) is 12.0. The van der Waals surface area contributed by atoms with Crippen molar-refractivity contribution in [3.63, 3.8) is 0 Å². The molecule has 7 unspecified atom stereocenters. The molecule has 0 aromatic heterocycles. The zero-order chi connectivity index (χ0) is 18.3. The van der Waals surface area contributed by atoms with E-state index in [1.807, 2.05) is 6.92 Å². The summed E-state index contributed by atoms with van der Waals surface area (Å²) in [5.41, 5.74) is 0.967. The van der Waals surface area contributed by atoms with E-state index in [0.29, 0.717) is 33.6 Å². The SMILES string of the molecule is CC[C@]12CC(=O)CCC13CSC2CC1C2CCC(C(C)=O)C2(C)CCC13. The molecule has 0 aromatic rings. The van der Waals surface area contributed by atoms with Crippen LogP contribution >= 0.6 is 11.8 Å². The van der Waals surface area contributed by atoms with Crippen molar-refractivity contribution in [1.82, 2.24) is 0 Å². The predicted octanol–water partition coefficient (Wildman–Crippen LogP) is 5.29. The van der Waals surface area contributed by atoms with Crippen LogP contribution in [0.4, 0.5) is 0 Å². The second-order valence-electron chi connectivity index (χ2n) is 10.6. The van der Waals surface area contributed by atoms with Gasteiger partial charge in [-0.15, -0.1) is 0 Å². The van der Waals surface area contributed by atoms with Gasteiger partial charge in [0.25, 0.3) is 0 Å². The van der Waals surface area contributed by atoms with Gasteiger partial charge in [0, 0.05) is 29.8 Å². The molecule has 26 heavy (non-hydrogen) atoms. The van der Waals surface area contributed by atoms with Crippen molar-refractivity contribution in [2.24, 2.45) is 39.9 Å². The van der Waals surface area contributed by atoms with Crippen LogP contribution in [0.15, 0.2) is 0 Å². The Morgan fingerprint density at radius 3 is 2.73 bits per heavy atom. The summed E-state index contributed by atoms with van der Waals surface area (Å²) in [6, 6.07) is 0. The van der Waals surface area contributed by atoms with Crippen molar-refractivity contribution >= 4 is 23.3 Å². The molecule has 1 aliphatic heterocycles. The van der Waals surface area contributed by atoms with Crippen LogP contribution < -0.4 is 0 Å². The van der Waals surface area contributed by atoms with Gasteiger partial charge in [-0.05, 0) is 85.9 Å². The molecular weight excluding hydrogens is 340 g/mol. The van der Waals surface area contributed by atoms with E-state index in [1.54, 1.807) is 0 Å². The van der Waals surface area contributed by atoms with Crippen LogP contribution in [-0.2, 0) is 9.59 Å². The maximum absolute atomic E-state index is 12.5. The van der Waals surface area contributed by atoms with Crippen LogP contribution in [0.25, 0.3) is 0 Å². The Labute approximate surface area is 162 Å². The van der Waals surface area contributed by atoms with Gasteiger partial charge in [-0.2, -0.15) is 11.8 Å². The van der Waals surface area contributed by atoms with Gasteiger partial charge in [-0.1, -0.05) is 13.8 Å². The minimum atomic E-state index is 0.254. The van der Waals surface area contributed by atoms with Gasteiger partial charge in [0.05, 0.1) is 0 Å². The molecule has 5 rings (SSSR count). The minimum absolute atomic E-state index is 0.254. The molecule has 4 aliphatic carbocycles. The third-order valence-electron chi connectivity index (χ3n) is 10.3. The molecular formula is C23H34O2S. The third kappa shape index (κ3) is 1.92. The average molecular weight is 375 g/mol. The molecule has 0 aromatic carbocycles. The molecule has 5 aliphatic rings. The molecule has 2 bridgehead atoms. The van der Waals surface area contributed by atoms with Crippen molar-refractivity contribution in [2.45, 2.75) is 83.8 Å². The van der Waals surface area contributed by atoms with Gasteiger partial charge in [0.1, 0.15) is 11.6 Å². The van der Waals surface area contributed by atoms with Crippen LogP contribution in [-0.4, -0.2) is 22.6 Å². The lowest BCUT2D eigenvalue weighted by molar-refractivity contribution is -0.160. The number of fused-ring (bicyclic) bond motifs is 3. The fraction of sp³-hybridized carbons (Fsp3) is 0.913. The molecule has 0 amide bonds. The van der Waals surface area contributed by atoms with Crippen LogP contribution in [0.5, 0.6) is 0 Å². The smallest absolute Gasteiger partial charge is 0.133 e. The Morgan fingerprint density at radius 1 is 1.19 bits per heavy atom. The quantitative estimate of drug-likeness (QED) is 0.658. The normalized spacial score (nSPS) is 55.2. The highest BCUT2D eigenvalue weighted by Gasteiger charge is 2.71. The summed E-state index contributed by atoms with van der Waals surface area (Å²) in [5.74, 6) is 4.95. The largest absolute Gasteiger partial charge is 0.300 e. The van der Waals surface area contributed by atoms with Crippen LogP contribution in [0.3, 0.4) is 0 Å². The molecule has 0 spiro atoms. The molecule has 1 saturated heterocycles. The molecule has 5 fully saturated rings. The summed E-state index contributed by atoms with van der Waals surface area (Å²) in [6.07, 6.45) is 10.3. The van der Waals surface area contributed by atoms with Crippen molar-refractivity contribution in [3.05, 3.63) is 0 Å². The lowest BCUT2D eigenvalue weighted by Gasteiger charge is -2.64. The molecule has 0 radical (unpaired) electrons. The van der Waals surface area contributed by atoms with E-state index >= 15 is 0 Å². The summed E-state index contributed by atoms with van der Waals surface area (Å²) in [5, 5.41) is 0.691. The first-order chi connectivity index (χ1) is 12.4. The van der Waals surface area contributed by atoms with Crippen molar-refractivity contribution in [3.8, 4) is 0 Å². The lowest BCUT2D eigenvalue weighted by Crippen LogP contribution is -2.61. The second-order valence-corrected chi connectivity index (χ2v) is 11.8. The maximum Gasteiger partial charge on any atom is 0.133 e. The molecule has 144 valence electrons. The van der Waals surface area contributed by atoms with Gasteiger partial charge in [-0.25, -0.2) is 0 Å². The second kappa shape index (κ2) is 5.61. The molecule has 2 nitrogen and oxygen atoms in total. The van der Waals surface area contributed by atoms with Gasteiger partial charge in [0.15, 0.2) is 0 Å². The fourth-order valence-electron chi connectivity index (χ4n) is 9.16. The van der Waals surface area contributed by atoms with Crippen molar-refractivity contribution in [1.29, 1.82) is 0 Å². The summed E-state index contributed by atoms with van der Waals surface area (Å²) in [6.45, 7) is 6.64. The Hall–Kier alpha value is -0.310. The molecule has 4 saturated carbocycles. The highest BCUT2D eigenvalue weighted by molar-refractivity contribution is 8.00. The minimum Gasteiger partial charge on any atom is -0.300 e. The van der Waals surface area contributed by atoms with Crippen molar-refractivity contribution in [2.75, 3.05) is 5.75 Å². The average Bonchev–Trinajstić information content (AvgIpc) is 3.06. The summed E-state index contributed by atoms with van der Waals surface area (Å²) < 4.78 is 0.